The number of unbranched alkanes of at least 4 members (excludes halogenated alkanes) is 1. The average molecular weight is 412 g/mol. The van der Waals surface area contributed by atoms with Crippen LogP contribution in [0.4, 0.5) is 18.0 Å². The molecule has 0 bridgehead atoms. The van der Waals surface area contributed by atoms with Gasteiger partial charge in [-0.2, -0.15) is 13.2 Å². The van der Waals surface area contributed by atoms with Crippen LogP contribution >= 0.6 is 0 Å². The predicted molar refractivity (Wildman–Crippen MR) is 94.6 cm³/mol. The molecule has 1 aliphatic heterocycles. The van der Waals surface area contributed by atoms with Crippen LogP contribution in [0.25, 0.3) is 0 Å². The first-order valence-electron chi connectivity index (χ1n) is 8.60. The van der Waals surface area contributed by atoms with E-state index in [1.807, 2.05) is 0 Å². The lowest BCUT2D eigenvalue weighted by Gasteiger charge is -2.16. The highest BCUT2D eigenvalue weighted by atomic mass is 19.4. The second kappa shape index (κ2) is 8.91. The second-order valence-electron chi connectivity index (χ2n) is 6.33. The molecule has 11 heteroatoms. The number of alkyl halides is 3. The molecule has 0 radical (unpaired) electrons. The smallest absolute Gasteiger partial charge is 0.442 e. The Morgan fingerprint density at radius 2 is 2.03 bits per heavy atom. The maximum Gasteiger partial charge on any atom is 0.442 e. The number of hydrogen-bond acceptors (Lipinski definition) is 6. The van der Waals surface area contributed by atoms with Crippen molar-refractivity contribution in [3.05, 3.63) is 34.9 Å². The minimum absolute atomic E-state index is 0.138. The molecule has 0 saturated carbocycles. The van der Waals surface area contributed by atoms with Gasteiger partial charge in [-0.05, 0) is 25.3 Å². The standard InChI is InChI=1S/C18H19F3N4O4/c1-2-11-9-13(17(24-25-17)18(19,20)21)7-6-12(11)10-29-16(28)23-8-4-3-5-14(22)15(26)27/h1,6-7,9,14H,3-5,8,10,22H2,(H,23,28)(H,26,27). The van der Waals surface area contributed by atoms with Crippen molar-refractivity contribution < 1.29 is 32.6 Å². The van der Waals surface area contributed by atoms with Crippen molar-refractivity contribution in [2.75, 3.05) is 6.54 Å². The van der Waals surface area contributed by atoms with Crippen LogP contribution in [0.5, 0.6) is 0 Å². The lowest BCUT2D eigenvalue weighted by molar-refractivity contribution is -0.166. The third kappa shape index (κ3) is 5.45. The van der Waals surface area contributed by atoms with E-state index in [9.17, 15) is 22.8 Å². The summed E-state index contributed by atoms with van der Waals surface area (Å²) in [6.07, 6.45) is 1.25. The number of terminal acetylenes is 1. The summed E-state index contributed by atoms with van der Waals surface area (Å²) in [5.74, 6) is 1.18. The van der Waals surface area contributed by atoms with Crippen LogP contribution in [-0.4, -0.2) is 35.9 Å². The van der Waals surface area contributed by atoms with Gasteiger partial charge in [-0.25, -0.2) is 4.79 Å². The summed E-state index contributed by atoms with van der Waals surface area (Å²) in [5.41, 5.74) is 3.08. The lowest BCUT2D eigenvalue weighted by atomic mass is 9.97. The largest absolute Gasteiger partial charge is 0.480 e. The highest BCUT2D eigenvalue weighted by Crippen LogP contribution is 2.52. The van der Waals surface area contributed by atoms with Crippen molar-refractivity contribution in [1.29, 1.82) is 0 Å². The molecule has 1 atom stereocenters. The first-order valence-corrected chi connectivity index (χ1v) is 8.60. The molecule has 29 heavy (non-hydrogen) atoms. The van der Waals surface area contributed by atoms with E-state index in [0.29, 0.717) is 18.4 Å². The number of hydrogen-bond donors (Lipinski definition) is 3. The van der Waals surface area contributed by atoms with Gasteiger partial charge >= 0.3 is 23.9 Å². The highest BCUT2D eigenvalue weighted by Gasteiger charge is 2.65. The van der Waals surface area contributed by atoms with E-state index in [1.165, 1.54) is 12.1 Å². The lowest BCUT2D eigenvalue weighted by Crippen LogP contribution is -2.30. The predicted octanol–water partition coefficient (Wildman–Crippen LogP) is 2.66. The van der Waals surface area contributed by atoms with E-state index < -0.39 is 29.9 Å². The van der Waals surface area contributed by atoms with E-state index in [4.69, 9.17) is 22.0 Å². The zero-order valence-corrected chi connectivity index (χ0v) is 15.2. The minimum Gasteiger partial charge on any atom is -0.480 e. The first kappa shape index (κ1) is 22.2. The monoisotopic (exact) mass is 412 g/mol. The van der Waals surface area contributed by atoms with Gasteiger partial charge in [0.05, 0.1) is 0 Å². The van der Waals surface area contributed by atoms with Crippen molar-refractivity contribution in [2.45, 2.75) is 43.8 Å². The number of rotatable bonds is 9. The number of carbonyl (C=O) groups is 2. The Labute approximate surface area is 164 Å². The molecule has 8 nitrogen and oxygen atoms in total. The van der Waals surface area contributed by atoms with Crippen molar-refractivity contribution in [2.24, 2.45) is 16.0 Å². The molecule has 0 spiro atoms. The Bertz CT molecular complexity index is 842. The third-order valence-corrected chi connectivity index (χ3v) is 4.25. The van der Waals surface area contributed by atoms with E-state index >= 15 is 0 Å². The summed E-state index contributed by atoms with van der Waals surface area (Å²) in [6, 6.07) is 2.73. The number of carbonyl (C=O) groups excluding carboxylic acids is 1. The Balaban J connectivity index is 1.83. The van der Waals surface area contributed by atoms with Crippen molar-refractivity contribution in [3.63, 3.8) is 0 Å². The topological polar surface area (TPSA) is 126 Å². The molecule has 0 aliphatic carbocycles. The van der Waals surface area contributed by atoms with Gasteiger partial charge in [0.15, 0.2) is 0 Å². The van der Waals surface area contributed by atoms with Gasteiger partial charge in [0, 0.05) is 23.2 Å². The van der Waals surface area contributed by atoms with Crippen molar-refractivity contribution in [3.8, 4) is 12.3 Å². The number of carboxylic acids is 1. The number of amides is 1. The maximum absolute atomic E-state index is 13.1. The zero-order valence-electron chi connectivity index (χ0n) is 15.2. The van der Waals surface area contributed by atoms with Gasteiger partial charge in [0.25, 0.3) is 0 Å². The van der Waals surface area contributed by atoms with Crippen LogP contribution in [0.1, 0.15) is 36.0 Å². The highest BCUT2D eigenvalue weighted by molar-refractivity contribution is 5.72. The number of aliphatic carboxylic acids is 1. The van der Waals surface area contributed by atoms with Crippen molar-refractivity contribution >= 4 is 12.1 Å². The van der Waals surface area contributed by atoms with Crippen molar-refractivity contribution in [1.82, 2.24) is 5.32 Å². The Hall–Kier alpha value is -3.13. The van der Waals surface area contributed by atoms with E-state index in [0.717, 1.165) is 6.07 Å². The molecular formula is C18H19F3N4O4. The fraction of sp³-hybridized carbons (Fsp3) is 0.444. The van der Waals surface area contributed by atoms with Gasteiger partial charge in [-0.1, -0.05) is 18.1 Å². The fourth-order valence-electron chi connectivity index (χ4n) is 2.49. The summed E-state index contributed by atoms with van der Waals surface area (Å²) in [6.45, 7) is 0.0199. The summed E-state index contributed by atoms with van der Waals surface area (Å²) >= 11 is 0. The molecular weight excluding hydrogens is 393 g/mol. The first-order chi connectivity index (χ1) is 13.6. The summed E-state index contributed by atoms with van der Waals surface area (Å²) < 4.78 is 44.2. The van der Waals surface area contributed by atoms with Crippen LogP contribution < -0.4 is 11.1 Å². The third-order valence-electron chi connectivity index (χ3n) is 4.25. The van der Waals surface area contributed by atoms with Crippen LogP contribution in [0, 0.1) is 12.3 Å². The number of carboxylic acid groups (broad SMARTS) is 1. The van der Waals surface area contributed by atoms with E-state index in [1.54, 1.807) is 0 Å². The fourth-order valence-corrected chi connectivity index (χ4v) is 2.49. The maximum atomic E-state index is 13.1. The Kier molecular flexibility index (Phi) is 6.81. The SMILES string of the molecule is C#Cc1cc(C2(C(F)(F)F)N=N2)ccc1COC(=O)NCCCCC(N)C(=O)O. The van der Waals surface area contributed by atoms with Crippen LogP contribution in [0.2, 0.25) is 0 Å². The summed E-state index contributed by atoms with van der Waals surface area (Å²) in [5, 5.41) is 17.4. The van der Waals surface area contributed by atoms with Gasteiger partial charge in [0.1, 0.15) is 12.6 Å². The number of halogens is 3. The second-order valence-corrected chi connectivity index (χ2v) is 6.33. The number of benzene rings is 1. The molecule has 4 N–H and O–H groups in total. The molecule has 1 amide bonds. The molecule has 0 aromatic heterocycles. The number of nitrogens with zero attached hydrogens (tertiary/aromatic N) is 2. The van der Waals surface area contributed by atoms with Gasteiger partial charge in [-0.15, -0.1) is 16.7 Å². The van der Waals surface area contributed by atoms with Crippen LogP contribution in [0.15, 0.2) is 28.4 Å². The van der Waals surface area contributed by atoms with E-state index in [-0.39, 0.29) is 30.7 Å². The van der Waals surface area contributed by atoms with Gasteiger partial charge in [0.2, 0.25) is 0 Å². The molecule has 0 fully saturated rings. The molecule has 1 aromatic rings. The molecule has 0 saturated heterocycles. The summed E-state index contributed by atoms with van der Waals surface area (Å²) in [4.78, 5) is 22.3. The Morgan fingerprint density at radius 1 is 1.34 bits per heavy atom. The number of ether oxygens (including phenoxy) is 1. The molecule has 1 heterocycles. The molecule has 1 aromatic carbocycles. The Morgan fingerprint density at radius 3 is 2.59 bits per heavy atom. The zero-order chi connectivity index (χ0) is 21.7. The number of nitrogens with one attached hydrogen (secondary N) is 1. The summed E-state index contributed by atoms with van der Waals surface area (Å²) in [7, 11) is 0. The molecule has 2 rings (SSSR count). The average Bonchev–Trinajstić information content (AvgIpc) is 3.47. The van der Waals surface area contributed by atoms with E-state index in [2.05, 4.69) is 21.5 Å². The van der Waals surface area contributed by atoms with Gasteiger partial charge < -0.3 is 20.9 Å². The minimum atomic E-state index is -4.66. The molecule has 1 aliphatic rings. The number of nitrogens with two attached hydrogens (primary N) is 1. The van der Waals surface area contributed by atoms with Crippen LogP contribution in [0.3, 0.4) is 0 Å². The molecule has 156 valence electrons. The van der Waals surface area contributed by atoms with Crippen LogP contribution in [-0.2, 0) is 21.8 Å². The van der Waals surface area contributed by atoms with Gasteiger partial charge in [-0.3, -0.25) is 4.79 Å². The number of alkyl carbamates (subject to hydrolysis) is 1. The molecule has 1 unspecified atom stereocenters. The normalized spacial score (nSPS) is 15.3. The quantitative estimate of drug-likeness (QED) is 0.425.